The summed E-state index contributed by atoms with van der Waals surface area (Å²) in [6, 6.07) is 7.53. The fraction of sp³-hybridized carbons (Fsp3) is 0.625. The quantitative estimate of drug-likeness (QED) is 0.800. The Kier molecular flexibility index (Phi) is 5.31. The summed E-state index contributed by atoms with van der Waals surface area (Å²) < 4.78 is 32.7. The zero-order chi connectivity index (χ0) is 16.9. The molecule has 1 aromatic carbocycles. The molecule has 0 aliphatic carbocycles. The Bertz CT molecular complexity index is 599. The Morgan fingerprint density at radius 1 is 1.00 bits per heavy atom. The van der Waals surface area contributed by atoms with E-state index in [0.717, 1.165) is 10.4 Å². The van der Waals surface area contributed by atoms with Gasteiger partial charge in [0.1, 0.15) is 11.0 Å². The molecule has 2 aliphatic rings. The van der Waals surface area contributed by atoms with Crippen LogP contribution in [0.25, 0.3) is 0 Å². The molecule has 0 saturated carbocycles. The van der Waals surface area contributed by atoms with E-state index >= 15 is 0 Å². The molecule has 1 unspecified atom stereocenters. The summed E-state index contributed by atoms with van der Waals surface area (Å²) in [4.78, 5) is 0.735. The maximum Gasteiger partial charge on any atom is 0.494 e. The van der Waals surface area contributed by atoms with Gasteiger partial charge in [-0.25, -0.2) is 8.93 Å². The van der Waals surface area contributed by atoms with Crippen LogP contribution < -0.4 is 10.2 Å². The van der Waals surface area contributed by atoms with E-state index in [9.17, 15) is 4.21 Å². The minimum Gasteiger partial charge on any atom is -0.412 e. The van der Waals surface area contributed by atoms with Gasteiger partial charge >= 0.3 is 7.12 Å². The largest absolute Gasteiger partial charge is 0.494 e. The van der Waals surface area contributed by atoms with Crippen LogP contribution in [0, 0.1) is 0 Å². The number of nitrogens with one attached hydrogen (secondary N) is 1. The normalized spacial score (nSPS) is 24.8. The first-order valence-electron chi connectivity index (χ1n) is 7.85. The second-order valence-corrected chi connectivity index (χ2v) is 8.79. The zero-order valence-electron chi connectivity index (χ0n) is 14.8. The van der Waals surface area contributed by atoms with Gasteiger partial charge in [-0.05, 0) is 52.2 Å². The van der Waals surface area contributed by atoms with Crippen molar-refractivity contribution in [3.8, 4) is 0 Å². The minimum atomic E-state index is -1.25. The molecule has 1 aromatic rings. The van der Waals surface area contributed by atoms with E-state index in [0.29, 0.717) is 13.2 Å². The van der Waals surface area contributed by atoms with Crippen LogP contribution in [0.15, 0.2) is 29.2 Å². The topological polar surface area (TPSA) is 88.3 Å². The Hall–Kier alpha value is -0.765. The van der Waals surface area contributed by atoms with Crippen molar-refractivity contribution in [3.05, 3.63) is 24.3 Å². The smallest absolute Gasteiger partial charge is 0.412 e. The number of rotatable bonds is 4. The molecular formula is C16H26BNO5S. The molecule has 3 N–H and O–H groups in total. The molecule has 3 rings (SSSR count). The van der Waals surface area contributed by atoms with Crippen LogP contribution in [-0.2, 0) is 25.0 Å². The SMILES string of the molecule is CC1(NS(=O)c2ccc(B3OC(C)(C)C(C)(C)O3)cc2)COC1.O. The van der Waals surface area contributed by atoms with Crippen molar-refractivity contribution in [2.45, 2.75) is 56.3 Å². The molecule has 6 nitrogen and oxygen atoms in total. The second kappa shape index (κ2) is 6.51. The zero-order valence-corrected chi connectivity index (χ0v) is 15.7. The van der Waals surface area contributed by atoms with Gasteiger partial charge in [0.25, 0.3) is 0 Å². The van der Waals surface area contributed by atoms with Crippen LogP contribution in [0.5, 0.6) is 0 Å². The van der Waals surface area contributed by atoms with E-state index in [1.54, 1.807) is 0 Å². The summed E-state index contributed by atoms with van der Waals surface area (Å²) in [6.45, 7) is 11.3. The summed E-state index contributed by atoms with van der Waals surface area (Å²) in [5, 5.41) is 0. The predicted molar refractivity (Wildman–Crippen MR) is 94.5 cm³/mol. The van der Waals surface area contributed by atoms with Crippen LogP contribution >= 0.6 is 0 Å². The first kappa shape index (κ1) is 19.6. The maximum absolute atomic E-state index is 12.4. The third-order valence-electron chi connectivity index (χ3n) is 4.80. The summed E-state index contributed by atoms with van der Waals surface area (Å²) in [6.07, 6.45) is 0. The third kappa shape index (κ3) is 3.59. The molecule has 2 aliphatic heterocycles. The summed E-state index contributed by atoms with van der Waals surface area (Å²) >= 11 is 0. The van der Waals surface area contributed by atoms with Crippen LogP contribution in [0.1, 0.15) is 34.6 Å². The Labute approximate surface area is 146 Å². The van der Waals surface area contributed by atoms with Crippen molar-refractivity contribution in [3.63, 3.8) is 0 Å². The molecule has 8 heteroatoms. The Balaban J connectivity index is 0.00000208. The van der Waals surface area contributed by atoms with Crippen molar-refractivity contribution in [1.29, 1.82) is 0 Å². The lowest BCUT2D eigenvalue weighted by atomic mass is 9.79. The summed E-state index contributed by atoms with van der Waals surface area (Å²) in [5.74, 6) is 0. The fourth-order valence-electron chi connectivity index (χ4n) is 2.48. The molecule has 0 radical (unpaired) electrons. The summed E-state index contributed by atoms with van der Waals surface area (Å²) in [5.41, 5.74) is 0.0106. The first-order chi connectivity index (χ1) is 10.6. The number of benzene rings is 1. The first-order valence-corrected chi connectivity index (χ1v) is 9.00. The highest BCUT2D eigenvalue weighted by Gasteiger charge is 2.51. The number of hydrogen-bond donors (Lipinski definition) is 1. The van der Waals surface area contributed by atoms with Gasteiger partial charge < -0.3 is 19.5 Å². The van der Waals surface area contributed by atoms with E-state index < -0.39 is 18.1 Å². The van der Waals surface area contributed by atoms with Gasteiger partial charge in [0.2, 0.25) is 0 Å². The fourth-order valence-corrected chi connectivity index (χ4v) is 3.54. The van der Waals surface area contributed by atoms with Crippen molar-refractivity contribution in [1.82, 2.24) is 4.72 Å². The van der Waals surface area contributed by atoms with Gasteiger partial charge in [0.05, 0.1) is 34.9 Å². The molecule has 24 heavy (non-hydrogen) atoms. The van der Waals surface area contributed by atoms with Crippen LogP contribution in [-0.4, -0.2) is 46.8 Å². The maximum atomic E-state index is 12.4. The highest BCUT2D eigenvalue weighted by molar-refractivity contribution is 7.83. The van der Waals surface area contributed by atoms with Crippen LogP contribution in [0.3, 0.4) is 0 Å². The van der Waals surface area contributed by atoms with Gasteiger partial charge in [0, 0.05) is 0 Å². The van der Waals surface area contributed by atoms with E-state index in [1.807, 2.05) is 58.9 Å². The molecule has 134 valence electrons. The van der Waals surface area contributed by atoms with Gasteiger partial charge in [-0.15, -0.1) is 0 Å². The van der Waals surface area contributed by atoms with Crippen molar-refractivity contribution < 1.29 is 23.7 Å². The van der Waals surface area contributed by atoms with E-state index in [-0.39, 0.29) is 22.2 Å². The van der Waals surface area contributed by atoms with Crippen molar-refractivity contribution >= 4 is 23.6 Å². The molecule has 2 saturated heterocycles. The van der Waals surface area contributed by atoms with Crippen molar-refractivity contribution in [2.75, 3.05) is 13.2 Å². The highest BCUT2D eigenvalue weighted by Crippen LogP contribution is 2.36. The molecule has 0 amide bonds. The van der Waals surface area contributed by atoms with Gasteiger partial charge in [-0.2, -0.15) is 0 Å². The molecule has 2 heterocycles. The van der Waals surface area contributed by atoms with Crippen LogP contribution in [0.2, 0.25) is 0 Å². The minimum absolute atomic E-state index is 0. The lowest BCUT2D eigenvalue weighted by molar-refractivity contribution is -0.0517. The van der Waals surface area contributed by atoms with Crippen molar-refractivity contribution in [2.24, 2.45) is 0 Å². The van der Waals surface area contributed by atoms with Gasteiger partial charge in [-0.1, -0.05) is 12.1 Å². The molecule has 0 spiro atoms. The third-order valence-corrected chi connectivity index (χ3v) is 6.18. The van der Waals surface area contributed by atoms with E-state index in [1.165, 1.54) is 0 Å². The molecule has 0 bridgehead atoms. The Morgan fingerprint density at radius 3 is 1.92 bits per heavy atom. The van der Waals surface area contributed by atoms with Crippen LogP contribution in [0.4, 0.5) is 0 Å². The van der Waals surface area contributed by atoms with Gasteiger partial charge in [0.15, 0.2) is 0 Å². The average molecular weight is 355 g/mol. The molecule has 2 fully saturated rings. The monoisotopic (exact) mass is 355 g/mol. The molecule has 1 atom stereocenters. The second-order valence-electron chi connectivity index (χ2n) is 7.58. The predicted octanol–water partition coefficient (Wildman–Crippen LogP) is 0.562. The number of ether oxygens (including phenoxy) is 1. The number of hydrogen-bond acceptors (Lipinski definition) is 4. The van der Waals surface area contributed by atoms with Gasteiger partial charge in [-0.3, -0.25) is 0 Å². The Morgan fingerprint density at radius 2 is 1.50 bits per heavy atom. The standard InChI is InChI=1S/C16H24BNO4S.H2O/c1-14(2)15(3,4)22-17(21-14)12-6-8-13(9-7-12)23(19)18-16(5)10-20-11-16;/h6-9,18H,10-11H2,1-5H3;1H2. The molecular weight excluding hydrogens is 329 g/mol. The summed E-state index contributed by atoms with van der Waals surface area (Å²) in [7, 11) is -1.65. The lowest BCUT2D eigenvalue weighted by Gasteiger charge is -2.38. The highest BCUT2D eigenvalue weighted by atomic mass is 32.2. The average Bonchev–Trinajstić information content (AvgIpc) is 2.66. The van der Waals surface area contributed by atoms with E-state index in [4.69, 9.17) is 14.0 Å². The van der Waals surface area contributed by atoms with E-state index in [2.05, 4.69) is 4.72 Å². The molecule has 0 aromatic heterocycles. The lowest BCUT2D eigenvalue weighted by Crippen LogP contribution is -2.58.